The summed E-state index contributed by atoms with van der Waals surface area (Å²) in [5.74, 6) is -4.50. The Morgan fingerprint density at radius 2 is 0.714 bits per heavy atom. The van der Waals surface area contributed by atoms with Crippen molar-refractivity contribution in [2.24, 2.45) is 0 Å². The van der Waals surface area contributed by atoms with Gasteiger partial charge >= 0.3 is 0 Å². The number of rotatable bonds is 23. The van der Waals surface area contributed by atoms with E-state index in [9.17, 15) is 50.8 Å². The summed E-state index contributed by atoms with van der Waals surface area (Å²) in [5, 5.41) is 58.0. The Hall–Kier alpha value is -2.93. The maximum atomic E-state index is 14.8. The van der Waals surface area contributed by atoms with Gasteiger partial charge in [0, 0.05) is 0 Å². The summed E-state index contributed by atoms with van der Waals surface area (Å²) in [6.07, 6.45) is -16.6. The number of benzene rings is 3. The minimum Gasteiger partial charge on any atom is -0.387 e. The Labute approximate surface area is 459 Å². The van der Waals surface area contributed by atoms with Crippen molar-refractivity contribution in [3.63, 3.8) is 0 Å². The molecule has 2 aliphatic rings. The van der Waals surface area contributed by atoms with E-state index in [0.29, 0.717) is 33.4 Å². The van der Waals surface area contributed by atoms with Crippen LogP contribution in [0.25, 0.3) is 0 Å². The van der Waals surface area contributed by atoms with Crippen LogP contribution in [0.2, 0.25) is 0 Å². The van der Waals surface area contributed by atoms with Crippen LogP contribution in [0, 0.1) is 0 Å². The molecule has 9 atom stereocenters. The molecule has 0 bridgehead atoms. The Bertz CT molecular complexity index is 2790. The predicted octanol–water partition coefficient (Wildman–Crippen LogP) is 8.95. The third kappa shape index (κ3) is 14.1. The number of hydrogen-bond acceptors (Lipinski definition) is 17. The lowest BCUT2D eigenvalue weighted by Crippen LogP contribution is -2.63. The molecule has 2 aliphatic heterocycles. The monoisotopic (exact) mass is 1140 g/mol. The first kappa shape index (κ1) is 64.9. The van der Waals surface area contributed by atoms with E-state index in [4.69, 9.17) is 26.8 Å². The molecule has 5 N–H and O–H groups in total. The fourth-order valence-electron chi connectivity index (χ4n) is 9.78. The second-order valence-corrected chi connectivity index (χ2v) is 28.4. The number of aliphatic hydroxyl groups excluding tert-OH is 5. The van der Waals surface area contributed by atoms with Crippen molar-refractivity contribution in [2.45, 2.75) is 247 Å². The molecule has 0 radical (unpaired) electrons. The van der Waals surface area contributed by atoms with Gasteiger partial charge in [-0.1, -0.05) is 161 Å². The van der Waals surface area contributed by atoms with Crippen molar-refractivity contribution < 1.29 is 77.5 Å². The summed E-state index contributed by atoms with van der Waals surface area (Å²) in [4.78, 5) is -0.294. The smallest absolute Gasteiger partial charge is 0.297 e. The van der Waals surface area contributed by atoms with Gasteiger partial charge in [-0.3, -0.25) is 12.5 Å². The molecule has 5 rings (SSSR count). The van der Waals surface area contributed by atoms with Gasteiger partial charge in [-0.05, 0) is 103 Å². The minimum atomic E-state index is -4.87. The van der Waals surface area contributed by atoms with Crippen molar-refractivity contribution in [3.05, 3.63) is 86.5 Å². The van der Waals surface area contributed by atoms with Gasteiger partial charge in [0.1, 0.15) is 64.0 Å². The highest BCUT2D eigenvalue weighted by Gasteiger charge is 2.60. The molecule has 0 saturated carbocycles. The third-order valence-electron chi connectivity index (χ3n) is 14.7. The zero-order chi connectivity index (χ0) is 58.3. The molecule has 3 aromatic rings. The zero-order valence-corrected chi connectivity index (χ0v) is 50.7. The summed E-state index contributed by atoms with van der Waals surface area (Å²) < 4.78 is 122. The van der Waals surface area contributed by atoms with E-state index in [1.165, 1.54) is 0 Å². The highest BCUT2D eigenvalue weighted by Crippen LogP contribution is 2.43. The zero-order valence-electron chi connectivity index (χ0n) is 48.3. The van der Waals surface area contributed by atoms with Crippen LogP contribution >= 0.6 is 0 Å². The maximum Gasteiger partial charge on any atom is 0.297 e. The molecule has 2 fully saturated rings. The molecule has 0 spiro atoms. The highest BCUT2D eigenvalue weighted by molar-refractivity contribution is 7.87. The molecule has 436 valence electrons. The first-order chi connectivity index (χ1) is 35.4. The number of ether oxygens (including phenoxy) is 3. The molecule has 0 aromatic heterocycles. The van der Waals surface area contributed by atoms with E-state index in [-0.39, 0.29) is 67.9 Å². The molecule has 77 heavy (non-hydrogen) atoms. The van der Waals surface area contributed by atoms with Gasteiger partial charge < -0.3 is 39.7 Å². The fraction of sp³-hybridized carbons (Fsp3) is 0.684. The van der Waals surface area contributed by atoms with Crippen LogP contribution in [0.3, 0.4) is 0 Å². The van der Waals surface area contributed by atoms with Crippen molar-refractivity contribution in [1.29, 1.82) is 0 Å². The maximum absolute atomic E-state index is 14.8. The van der Waals surface area contributed by atoms with Crippen molar-refractivity contribution >= 4 is 30.4 Å². The van der Waals surface area contributed by atoms with Gasteiger partial charge in [-0.15, -0.1) is 0 Å². The molecule has 9 unspecified atom stereocenters. The van der Waals surface area contributed by atoms with E-state index in [0.717, 1.165) is 16.7 Å². The van der Waals surface area contributed by atoms with Crippen molar-refractivity contribution in [3.8, 4) is 0 Å². The second kappa shape index (κ2) is 25.1. The lowest BCUT2D eigenvalue weighted by atomic mass is 9.89. The largest absolute Gasteiger partial charge is 0.387 e. The second-order valence-electron chi connectivity index (χ2n) is 23.7. The SMILES string of the molecule is CC(C)c1cc(C(C)C)c(S(=O)(=O)OCC2OC(OC3(COS(=O)(=O)c4c(C(C)C)cc(C(C)C)cc4C(C)C)OC(COS(=O)(=O)c4c(C(C)C)cc(C(C)C)cc4C(C)C)C(O)C3O)C(O)C(O)C2O)c(C(C)C)c1. The molecule has 20 heteroatoms. The van der Waals surface area contributed by atoms with Gasteiger partial charge in [0.15, 0.2) is 6.29 Å². The topological polar surface area (TPSA) is 259 Å². The molecule has 0 aliphatic carbocycles. The first-order valence-corrected chi connectivity index (χ1v) is 31.3. The Balaban J connectivity index is 1.58. The van der Waals surface area contributed by atoms with Crippen LogP contribution in [-0.2, 0) is 57.1 Å². The van der Waals surface area contributed by atoms with Crippen LogP contribution in [0.4, 0.5) is 0 Å². The molecule has 3 aromatic carbocycles. The highest BCUT2D eigenvalue weighted by atomic mass is 32.2. The quantitative estimate of drug-likeness (QED) is 0.0555. The van der Waals surface area contributed by atoms with Crippen molar-refractivity contribution in [2.75, 3.05) is 19.8 Å². The standard InChI is InChI=1S/C57H88O17S3/c1-28(2)37-19-40(31(7)8)52(41(20-37)32(9)10)75(63,64)69-25-46-48(58)50(60)51(61)56(72-46)74-57(27-71-77(67,68)54-44(35(15)16)23-39(30(5)6)24-45(54)36(17)18)55(62)49(59)47(73-57)26-70-76(65,66)53-42(33(11)12)21-38(29(3)4)22-43(53)34(13)14/h19-24,28-36,46-51,55-56,58-62H,25-27H2,1-18H3. The van der Waals surface area contributed by atoms with Gasteiger partial charge in [-0.2, -0.15) is 25.3 Å². The summed E-state index contributed by atoms with van der Waals surface area (Å²) in [6, 6.07) is 10.8. The summed E-state index contributed by atoms with van der Waals surface area (Å²) in [7, 11) is -14.2. The lowest BCUT2D eigenvalue weighted by molar-refractivity contribution is -0.381. The summed E-state index contributed by atoms with van der Waals surface area (Å²) in [5.41, 5.74) is 5.56. The predicted molar refractivity (Wildman–Crippen MR) is 293 cm³/mol. The van der Waals surface area contributed by atoms with E-state index < -0.39 is 105 Å². The Morgan fingerprint density at radius 1 is 0.416 bits per heavy atom. The van der Waals surface area contributed by atoms with E-state index in [2.05, 4.69) is 0 Å². The normalized spacial score (nSPS) is 24.9. The van der Waals surface area contributed by atoms with Gasteiger partial charge in [0.2, 0.25) is 5.79 Å². The van der Waals surface area contributed by atoms with E-state index in [1.54, 1.807) is 12.1 Å². The Morgan fingerprint density at radius 3 is 1.01 bits per heavy atom. The van der Waals surface area contributed by atoms with Gasteiger partial charge in [0.25, 0.3) is 30.4 Å². The molecule has 17 nitrogen and oxygen atoms in total. The van der Waals surface area contributed by atoms with Crippen LogP contribution in [0.1, 0.15) is 228 Å². The summed E-state index contributed by atoms with van der Waals surface area (Å²) in [6.45, 7) is 30.8. The van der Waals surface area contributed by atoms with Gasteiger partial charge in [-0.25, -0.2) is 0 Å². The fourth-order valence-corrected chi connectivity index (χ4v) is 14.6. The third-order valence-corrected chi connectivity index (χ3v) is 18.9. The first-order valence-electron chi connectivity index (χ1n) is 27.0. The van der Waals surface area contributed by atoms with Gasteiger partial charge in [0.05, 0.1) is 13.2 Å². The van der Waals surface area contributed by atoms with Crippen molar-refractivity contribution in [1.82, 2.24) is 0 Å². The number of aliphatic hydroxyl groups is 5. The van der Waals surface area contributed by atoms with Crippen LogP contribution in [0.15, 0.2) is 51.1 Å². The van der Waals surface area contributed by atoms with E-state index >= 15 is 0 Å². The molecular formula is C57H88O17S3. The Kier molecular flexibility index (Phi) is 21.1. The molecule has 2 heterocycles. The average molecular weight is 1140 g/mol. The molecular weight excluding hydrogens is 1050 g/mol. The number of hydrogen-bond donors (Lipinski definition) is 5. The van der Waals surface area contributed by atoms with E-state index in [1.807, 2.05) is 149 Å². The van der Waals surface area contributed by atoms with Crippen LogP contribution < -0.4 is 0 Å². The molecule has 0 amide bonds. The van der Waals surface area contributed by atoms with Crippen LogP contribution in [0.5, 0.6) is 0 Å². The lowest BCUT2D eigenvalue weighted by Gasteiger charge is -2.43. The van der Waals surface area contributed by atoms with Crippen LogP contribution in [-0.4, -0.2) is 125 Å². The summed E-state index contributed by atoms with van der Waals surface area (Å²) >= 11 is 0. The minimum absolute atomic E-state index is 0.0237. The molecule has 2 saturated heterocycles. The average Bonchev–Trinajstić information content (AvgIpc) is 3.57.